The van der Waals surface area contributed by atoms with E-state index >= 15 is 0 Å². The smallest absolute Gasteiger partial charge is 0.337 e. The fourth-order valence-electron chi connectivity index (χ4n) is 1.39. The molecule has 0 aliphatic rings. The van der Waals surface area contributed by atoms with Gasteiger partial charge in [0.05, 0.1) is 5.56 Å². The maximum absolute atomic E-state index is 10.6. The molecule has 0 saturated carbocycles. The average molecular weight is 254 g/mol. The zero-order valence-corrected chi connectivity index (χ0v) is 10.8. The van der Waals surface area contributed by atoms with E-state index in [1.165, 1.54) is 24.8 Å². The first-order valence-electron chi connectivity index (χ1n) is 5.66. The van der Waals surface area contributed by atoms with Crippen LogP contribution in [0.25, 0.3) is 0 Å². The van der Waals surface area contributed by atoms with Crippen LogP contribution in [0.5, 0.6) is 0 Å². The van der Waals surface area contributed by atoms with Crippen LogP contribution in [0.2, 0.25) is 0 Å². The number of unbranched alkanes of at least 4 members (excludes halogenated alkanes) is 2. The van der Waals surface area contributed by atoms with Gasteiger partial charge in [-0.2, -0.15) is 11.8 Å². The summed E-state index contributed by atoms with van der Waals surface area (Å²) in [5.41, 5.74) is 0.218. The highest BCUT2D eigenvalue weighted by atomic mass is 32.2. The summed E-state index contributed by atoms with van der Waals surface area (Å²) in [6.07, 6.45) is 7.06. The number of nitrogens with one attached hydrogen (secondary N) is 1. The van der Waals surface area contributed by atoms with Crippen molar-refractivity contribution in [2.24, 2.45) is 0 Å². The predicted octanol–water partition coefficient (Wildman–Crippen LogP) is 2.73. The minimum absolute atomic E-state index is 0.218. The van der Waals surface area contributed by atoms with E-state index < -0.39 is 5.97 Å². The molecule has 0 fully saturated rings. The van der Waals surface area contributed by atoms with E-state index in [9.17, 15) is 4.79 Å². The molecule has 0 spiro atoms. The molecule has 0 aliphatic heterocycles. The lowest BCUT2D eigenvalue weighted by molar-refractivity contribution is 0.0696. The van der Waals surface area contributed by atoms with Crippen LogP contribution in [0, 0.1) is 0 Å². The van der Waals surface area contributed by atoms with Crippen LogP contribution < -0.4 is 5.32 Å². The summed E-state index contributed by atoms with van der Waals surface area (Å²) in [5.74, 6) is 1.01. The van der Waals surface area contributed by atoms with E-state index in [4.69, 9.17) is 5.11 Å². The fraction of sp³-hybridized carbons (Fsp3) is 0.500. The van der Waals surface area contributed by atoms with Crippen molar-refractivity contribution >= 4 is 23.5 Å². The largest absolute Gasteiger partial charge is 0.478 e. The minimum Gasteiger partial charge on any atom is -0.478 e. The number of nitrogens with zero attached hydrogens (tertiary/aromatic N) is 1. The van der Waals surface area contributed by atoms with Crippen LogP contribution in [0.15, 0.2) is 18.3 Å². The van der Waals surface area contributed by atoms with Crippen LogP contribution in [0.3, 0.4) is 0 Å². The highest BCUT2D eigenvalue weighted by molar-refractivity contribution is 7.98. The molecule has 0 aromatic carbocycles. The van der Waals surface area contributed by atoms with E-state index in [1.54, 1.807) is 12.1 Å². The molecule has 1 heterocycles. The Labute approximate surface area is 106 Å². The first-order valence-corrected chi connectivity index (χ1v) is 7.05. The van der Waals surface area contributed by atoms with Crippen molar-refractivity contribution in [2.75, 3.05) is 23.9 Å². The number of aromatic nitrogens is 1. The summed E-state index contributed by atoms with van der Waals surface area (Å²) in [4.78, 5) is 14.6. The van der Waals surface area contributed by atoms with Crippen LogP contribution in [-0.2, 0) is 0 Å². The summed E-state index contributed by atoms with van der Waals surface area (Å²) in [7, 11) is 0. The molecule has 1 rings (SSSR count). The van der Waals surface area contributed by atoms with Crippen molar-refractivity contribution in [3.05, 3.63) is 23.9 Å². The quantitative estimate of drug-likeness (QED) is 0.698. The third-order valence-electron chi connectivity index (χ3n) is 2.34. The molecule has 0 amide bonds. The summed E-state index contributed by atoms with van der Waals surface area (Å²) in [5, 5.41) is 11.9. The Bertz CT molecular complexity index is 341. The molecule has 2 N–H and O–H groups in total. The van der Waals surface area contributed by atoms with Gasteiger partial charge >= 0.3 is 5.97 Å². The lowest BCUT2D eigenvalue weighted by atomic mass is 10.2. The molecular weight excluding hydrogens is 236 g/mol. The number of carbonyl (C=O) groups is 1. The normalized spacial score (nSPS) is 10.2. The third-order valence-corrected chi connectivity index (χ3v) is 3.04. The van der Waals surface area contributed by atoms with Gasteiger partial charge in [0.25, 0.3) is 0 Å². The van der Waals surface area contributed by atoms with Gasteiger partial charge in [-0.25, -0.2) is 9.78 Å². The molecule has 0 atom stereocenters. The predicted molar refractivity (Wildman–Crippen MR) is 71.9 cm³/mol. The van der Waals surface area contributed by atoms with Gasteiger partial charge in [-0.05, 0) is 37.0 Å². The van der Waals surface area contributed by atoms with Gasteiger partial charge in [-0.3, -0.25) is 0 Å². The van der Waals surface area contributed by atoms with E-state index in [0.29, 0.717) is 0 Å². The van der Waals surface area contributed by atoms with Crippen LogP contribution in [0.4, 0.5) is 5.82 Å². The Kier molecular flexibility index (Phi) is 6.47. The van der Waals surface area contributed by atoms with Crippen molar-refractivity contribution in [3.63, 3.8) is 0 Å². The van der Waals surface area contributed by atoms with Gasteiger partial charge < -0.3 is 10.4 Å². The van der Waals surface area contributed by atoms with E-state index in [-0.39, 0.29) is 5.56 Å². The second-order valence-electron chi connectivity index (χ2n) is 3.72. The van der Waals surface area contributed by atoms with E-state index in [2.05, 4.69) is 16.6 Å². The Morgan fingerprint density at radius 3 is 2.82 bits per heavy atom. The molecule has 4 nitrogen and oxygen atoms in total. The summed E-state index contributed by atoms with van der Waals surface area (Å²) >= 11 is 1.87. The van der Waals surface area contributed by atoms with Gasteiger partial charge in [-0.15, -0.1) is 0 Å². The number of anilines is 1. The summed E-state index contributed by atoms with van der Waals surface area (Å²) < 4.78 is 0. The molecule has 0 aliphatic carbocycles. The van der Waals surface area contributed by atoms with Crippen LogP contribution in [-0.4, -0.2) is 34.6 Å². The molecular formula is C12H18N2O2S. The molecule has 0 unspecified atom stereocenters. The summed E-state index contributed by atoms with van der Waals surface area (Å²) in [6, 6.07) is 3.26. The number of hydrogen-bond acceptors (Lipinski definition) is 4. The lowest BCUT2D eigenvalue weighted by Crippen LogP contribution is -2.04. The van der Waals surface area contributed by atoms with Gasteiger partial charge in [0.15, 0.2) is 0 Å². The van der Waals surface area contributed by atoms with Gasteiger partial charge in [0.1, 0.15) is 5.82 Å². The number of thioether (sulfide) groups is 1. The topological polar surface area (TPSA) is 62.2 Å². The average Bonchev–Trinajstić information content (AvgIpc) is 2.34. The van der Waals surface area contributed by atoms with Crippen molar-refractivity contribution < 1.29 is 9.90 Å². The Morgan fingerprint density at radius 1 is 1.41 bits per heavy atom. The maximum Gasteiger partial charge on any atom is 0.337 e. The van der Waals surface area contributed by atoms with Gasteiger partial charge in [-0.1, -0.05) is 6.42 Å². The Hall–Kier alpha value is -1.23. The number of rotatable bonds is 8. The summed E-state index contributed by atoms with van der Waals surface area (Å²) in [6.45, 7) is 0.883. The molecule has 17 heavy (non-hydrogen) atoms. The lowest BCUT2D eigenvalue weighted by Gasteiger charge is -2.05. The third kappa shape index (κ3) is 5.58. The Morgan fingerprint density at radius 2 is 2.24 bits per heavy atom. The van der Waals surface area contributed by atoms with Crippen LogP contribution in [0.1, 0.15) is 29.6 Å². The molecule has 94 valence electrons. The SMILES string of the molecule is CSCCCCCNc1ccc(C(=O)O)cn1. The van der Waals surface area contributed by atoms with Gasteiger partial charge in [0.2, 0.25) is 0 Å². The first-order chi connectivity index (χ1) is 8.24. The maximum atomic E-state index is 10.6. The highest BCUT2D eigenvalue weighted by Crippen LogP contribution is 2.06. The molecule has 5 heteroatoms. The molecule has 0 saturated heterocycles. The van der Waals surface area contributed by atoms with Crippen molar-refractivity contribution in [2.45, 2.75) is 19.3 Å². The monoisotopic (exact) mass is 254 g/mol. The number of aromatic carboxylic acids is 1. The molecule has 0 bridgehead atoms. The standard InChI is InChI=1S/C12H18N2O2S/c1-17-8-4-2-3-7-13-11-6-5-10(9-14-11)12(15)16/h5-6,9H,2-4,7-8H2,1H3,(H,13,14)(H,15,16). The molecule has 1 aromatic heterocycles. The van der Waals surface area contributed by atoms with E-state index in [0.717, 1.165) is 18.8 Å². The molecule has 0 radical (unpaired) electrons. The number of carboxylic acid groups (broad SMARTS) is 1. The number of hydrogen-bond donors (Lipinski definition) is 2. The fourth-order valence-corrected chi connectivity index (χ4v) is 1.88. The zero-order valence-electron chi connectivity index (χ0n) is 9.98. The van der Waals surface area contributed by atoms with E-state index in [1.807, 2.05) is 11.8 Å². The second kappa shape index (κ2) is 7.95. The zero-order chi connectivity index (χ0) is 12.5. The minimum atomic E-state index is -0.943. The highest BCUT2D eigenvalue weighted by Gasteiger charge is 2.02. The van der Waals surface area contributed by atoms with Crippen LogP contribution >= 0.6 is 11.8 Å². The molecule has 1 aromatic rings. The van der Waals surface area contributed by atoms with Crippen molar-refractivity contribution in [3.8, 4) is 0 Å². The Balaban J connectivity index is 2.21. The first kappa shape index (κ1) is 13.8. The number of carboxylic acids is 1. The van der Waals surface area contributed by atoms with Crippen molar-refractivity contribution in [1.29, 1.82) is 0 Å². The van der Waals surface area contributed by atoms with Gasteiger partial charge in [0, 0.05) is 12.7 Å². The second-order valence-corrected chi connectivity index (χ2v) is 4.70. The number of pyridine rings is 1. The van der Waals surface area contributed by atoms with Crippen molar-refractivity contribution in [1.82, 2.24) is 4.98 Å².